The average molecular weight is 360 g/mol. The van der Waals surface area contributed by atoms with Crippen LogP contribution < -0.4 is 10.6 Å². The molecular weight excluding hydrogens is 330 g/mol. The van der Waals surface area contributed by atoms with Crippen LogP contribution in [-0.4, -0.2) is 44.0 Å². The molecule has 6 heteroatoms. The Hall–Kier alpha value is -0.620. The van der Waals surface area contributed by atoms with E-state index < -0.39 is 0 Å². The first kappa shape index (κ1) is 20.4. The summed E-state index contributed by atoms with van der Waals surface area (Å²) in [6.07, 6.45) is 3.68. The van der Waals surface area contributed by atoms with Gasteiger partial charge in [0.25, 0.3) is 0 Å². The van der Waals surface area contributed by atoms with Crippen LogP contribution in [0, 0.1) is 26.7 Å². The molecule has 1 saturated heterocycles. The molecule has 23 heavy (non-hydrogen) atoms. The highest BCUT2D eigenvalue weighted by molar-refractivity contribution is 7.16. The number of carbonyl (C=O) groups excluding carboxylic acids is 1. The van der Waals surface area contributed by atoms with Crippen molar-refractivity contribution >= 4 is 34.7 Å². The van der Waals surface area contributed by atoms with Gasteiger partial charge >= 0.3 is 0 Å². The number of amides is 1. The number of anilines is 1. The zero-order valence-corrected chi connectivity index (χ0v) is 16.3. The fraction of sp³-hybridized carbons (Fsp3) is 0.706. The Labute approximate surface area is 150 Å². The summed E-state index contributed by atoms with van der Waals surface area (Å²) >= 11 is 1.68. The van der Waals surface area contributed by atoms with Crippen LogP contribution in [-0.2, 0) is 4.79 Å². The average Bonchev–Trinajstić information content (AvgIpc) is 2.74. The van der Waals surface area contributed by atoms with E-state index >= 15 is 0 Å². The molecule has 1 aliphatic rings. The van der Waals surface area contributed by atoms with E-state index in [9.17, 15) is 4.79 Å². The number of rotatable bonds is 6. The number of aryl methyl sites for hydroxylation is 1. The Balaban J connectivity index is 0.00000264. The molecule has 0 bridgehead atoms. The van der Waals surface area contributed by atoms with Gasteiger partial charge in [-0.3, -0.25) is 9.69 Å². The van der Waals surface area contributed by atoms with Crippen molar-refractivity contribution in [2.45, 2.75) is 40.0 Å². The Morgan fingerprint density at radius 2 is 1.87 bits per heavy atom. The maximum absolute atomic E-state index is 12.3. The third kappa shape index (κ3) is 5.75. The van der Waals surface area contributed by atoms with Gasteiger partial charge in [0.15, 0.2) is 0 Å². The smallest absolute Gasteiger partial charge is 0.239 e. The highest BCUT2D eigenvalue weighted by Gasteiger charge is 2.21. The maximum atomic E-state index is 12.3. The quantitative estimate of drug-likeness (QED) is 0.818. The predicted octanol–water partition coefficient (Wildman–Crippen LogP) is 3.36. The Kier molecular flexibility index (Phi) is 8.54. The van der Waals surface area contributed by atoms with Crippen LogP contribution in [0.2, 0.25) is 0 Å². The number of likely N-dealkylation sites (tertiary alicyclic amines) is 1. The number of nitrogens with zero attached hydrogens (tertiary/aromatic N) is 1. The van der Waals surface area contributed by atoms with Crippen LogP contribution in [0.25, 0.3) is 0 Å². The summed E-state index contributed by atoms with van der Waals surface area (Å²) in [6, 6.07) is 0. The third-order valence-electron chi connectivity index (χ3n) is 4.82. The molecule has 2 N–H and O–H groups in total. The van der Waals surface area contributed by atoms with E-state index in [-0.39, 0.29) is 18.3 Å². The van der Waals surface area contributed by atoms with Crippen LogP contribution in [0.3, 0.4) is 0 Å². The van der Waals surface area contributed by atoms with Crippen molar-refractivity contribution in [3.05, 3.63) is 16.0 Å². The van der Waals surface area contributed by atoms with E-state index in [0.29, 0.717) is 6.54 Å². The summed E-state index contributed by atoms with van der Waals surface area (Å²) in [5.74, 6) is 0.939. The van der Waals surface area contributed by atoms with Crippen molar-refractivity contribution in [2.24, 2.45) is 5.92 Å². The summed E-state index contributed by atoms with van der Waals surface area (Å²) in [5, 5.41) is 7.33. The molecule has 1 aromatic heterocycles. The van der Waals surface area contributed by atoms with Gasteiger partial charge in [-0.05, 0) is 83.8 Å². The number of thiophene rings is 1. The topological polar surface area (TPSA) is 44.4 Å². The number of piperidine rings is 1. The van der Waals surface area contributed by atoms with Gasteiger partial charge in [0.2, 0.25) is 5.91 Å². The number of hydrogen-bond acceptors (Lipinski definition) is 4. The molecule has 0 unspecified atom stereocenters. The van der Waals surface area contributed by atoms with Crippen molar-refractivity contribution < 1.29 is 4.79 Å². The van der Waals surface area contributed by atoms with Crippen molar-refractivity contribution in [2.75, 3.05) is 38.5 Å². The zero-order chi connectivity index (χ0) is 16.1. The fourth-order valence-electron chi connectivity index (χ4n) is 3.01. The molecule has 1 aliphatic heterocycles. The van der Waals surface area contributed by atoms with Crippen LogP contribution in [0.5, 0.6) is 0 Å². The molecule has 0 aliphatic carbocycles. The summed E-state index contributed by atoms with van der Waals surface area (Å²) < 4.78 is 0. The molecule has 2 heterocycles. The minimum atomic E-state index is 0. The van der Waals surface area contributed by atoms with E-state index in [0.717, 1.165) is 30.6 Å². The fourth-order valence-corrected chi connectivity index (χ4v) is 4.09. The molecule has 1 fully saturated rings. The number of nitrogens with one attached hydrogen (secondary N) is 2. The molecule has 0 aromatic carbocycles. The standard InChI is InChI=1S/C17H29N3OS.ClH/c1-12-13(2)17(22-14(12)3)19-16(21)11-20-9-6-15(7-10-20)5-8-18-4;/h15,18H,5-11H2,1-4H3,(H,19,21);1H. The second-order valence-corrected chi connectivity index (χ2v) is 7.62. The lowest BCUT2D eigenvalue weighted by Crippen LogP contribution is -2.39. The zero-order valence-electron chi connectivity index (χ0n) is 14.7. The first-order valence-corrected chi connectivity index (χ1v) is 9.06. The van der Waals surface area contributed by atoms with E-state index in [1.807, 2.05) is 7.05 Å². The third-order valence-corrected chi connectivity index (χ3v) is 6.04. The van der Waals surface area contributed by atoms with Gasteiger partial charge in [-0.2, -0.15) is 0 Å². The van der Waals surface area contributed by atoms with Gasteiger partial charge < -0.3 is 10.6 Å². The highest BCUT2D eigenvalue weighted by atomic mass is 35.5. The minimum absolute atomic E-state index is 0. The van der Waals surface area contributed by atoms with Crippen molar-refractivity contribution in [1.29, 1.82) is 0 Å². The number of halogens is 1. The summed E-state index contributed by atoms with van der Waals surface area (Å²) in [4.78, 5) is 15.8. The molecule has 0 atom stereocenters. The van der Waals surface area contributed by atoms with Crippen molar-refractivity contribution in [3.63, 3.8) is 0 Å². The Morgan fingerprint density at radius 3 is 2.39 bits per heavy atom. The van der Waals surface area contributed by atoms with Crippen molar-refractivity contribution in [1.82, 2.24) is 10.2 Å². The monoisotopic (exact) mass is 359 g/mol. The second kappa shape index (κ2) is 9.62. The first-order valence-electron chi connectivity index (χ1n) is 8.24. The molecule has 2 rings (SSSR count). The lowest BCUT2D eigenvalue weighted by Gasteiger charge is -2.31. The number of hydrogen-bond donors (Lipinski definition) is 2. The first-order chi connectivity index (χ1) is 10.5. The highest BCUT2D eigenvalue weighted by Crippen LogP contribution is 2.31. The molecule has 1 amide bonds. The maximum Gasteiger partial charge on any atom is 0.239 e. The normalized spacial score (nSPS) is 16.2. The molecule has 0 radical (unpaired) electrons. The van der Waals surface area contributed by atoms with Crippen molar-refractivity contribution in [3.8, 4) is 0 Å². The van der Waals surface area contributed by atoms with Gasteiger partial charge in [-0.25, -0.2) is 0 Å². The van der Waals surface area contributed by atoms with Crippen LogP contribution in [0.1, 0.15) is 35.3 Å². The number of carbonyl (C=O) groups is 1. The molecule has 132 valence electrons. The molecule has 1 aromatic rings. The minimum Gasteiger partial charge on any atom is -0.320 e. The summed E-state index contributed by atoms with van der Waals surface area (Å²) in [5.41, 5.74) is 2.51. The Morgan fingerprint density at radius 1 is 1.22 bits per heavy atom. The van der Waals surface area contributed by atoms with Gasteiger partial charge in [0.05, 0.1) is 11.5 Å². The van der Waals surface area contributed by atoms with Crippen LogP contribution in [0.4, 0.5) is 5.00 Å². The largest absolute Gasteiger partial charge is 0.320 e. The SMILES string of the molecule is CNCCC1CCN(CC(=O)Nc2sc(C)c(C)c2C)CC1.Cl. The molecule has 0 spiro atoms. The predicted molar refractivity (Wildman–Crippen MR) is 102 cm³/mol. The molecule has 0 saturated carbocycles. The van der Waals surface area contributed by atoms with Gasteiger partial charge in [-0.15, -0.1) is 23.7 Å². The van der Waals surface area contributed by atoms with Gasteiger partial charge in [0, 0.05) is 4.88 Å². The lowest BCUT2D eigenvalue weighted by molar-refractivity contribution is -0.117. The van der Waals surface area contributed by atoms with E-state index in [2.05, 4.69) is 36.3 Å². The lowest BCUT2D eigenvalue weighted by atomic mass is 9.93. The van der Waals surface area contributed by atoms with Crippen LogP contribution >= 0.6 is 23.7 Å². The van der Waals surface area contributed by atoms with Gasteiger partial charge in [-0.1, -0.05) is 0 Å². The second-order valence-electron chi connectivity index (χ2n) is 6.40. The Bertz CT molecular complexity index is 510. The summed E-state index contributed by atoms with van der Waals surface area (Å²) in [7, 11) is 2.01. The van der Waals surface area contributed by atoms with Crippen LogP contribution in [0.15, 0.2) is 0 Å². The molecule has 4 nitrogen and oxygen atoms in total. The van der Waals surface area contributed by atoms with E-state index in [1.165, 1.54) is 35.3 Å². The van der Waals surface area contributed by atoms with Gasteiger partial charge in [0.1, 0.15) is 0 Å². The molecular formula is C17H30ClN3OS. The van der Waals surface area contributed by atoms with E-state index in [4.69, 9.17) is 0 Å². The van der Waals surface area contributed by atoms with E-state index in [1.54, 1.807) is 11.3 Å². The summed E-state index contributed by atoms with van der Waals surface area (Å²) in [6.45, 7) is 10.0.